The number of carbonyl (C=O) groups is 2. The minimum absolute atomic E-state index is 0.0168. The first-order valence-electron chi connectivity index (χ1n) is 9.55. The molecule has 2 atom stereocenters. The van der Waals surface area contributed by atoms with Gasteiger partial charge in [-0.25, -0.2) is 0 Å². The van der Waals surface area contributed by atoms with Gasteiger partial charge in [0.1, 0.15) is 6.04 Å². The van der Waals surface area contributed by atoms with Gasteiger partial charge in [0.25, 0.3) is 5.91 Å². The number of nitrogens with one attached hydrogen (secondary N) is 1. The molecule has 1 aromatic rings. The fourth-order valence-electron chi connectivity index (χ4n) is 4.17. The van der Waals surface area contributed by atoms with Crippen LogP contribution in [0.5, 0.6) is 0 Å². The van der Waals surface area contributed by atoms with Crippen molar-refractivity contribution in [1.29, 1.82) is 0 Å². The van der Waals surface area contributed by atoms with Crippen molar-refractivity contribution >= 4 is 23.2 Å². The van der Waals surface area contributed by atoms with Crippen LogP contribution < -0.4 is 11.1 Å². The van der Waals surface area contributed by atoms with Crippen LogP contribution in [-0.4, -0.2) is 41.9 Å². The van der Waals surface area contributed by atoms with Crippen molar-refractivity contribution < 1.29 is 9.59 Å². The van der Waals surface area contributed by atoms with Crippen LogP contribution in [0.25, 0.3) is 0 Å². The second-order valence-corrected chi connectivity index (χ2v) is 8.18. The molecule has 0 spiro atoms. The van der Waals surface area contributed by atoms with Crippen molar-refractivity contribution in [1.82, 2.24) is 10.2 Å². The molecule has 1 saturated carbocycles. The maximum Gasteiger partial charge on any atom is 0.264 e. The zero-order chi connectivity index (χ0) is 17.6. The van der Waals surface area contributed by atoms with Gasteiger partial charge in [-0.05, 0) is 49.5 Å². The fourth-order valence-corrected chi connectivity index (χ4v) is 4.85. The Kier molecular flexibility index (Phi) is 6.48. The highest BCUT2D eigenvalue weighted by Gasteiger charge is 2.35. The second kappa shape index (κ2) is 8.81. The molecular formula is C19H29N3O2S. The Morgan fingerprint density at radius 3 is 2.64 bits per heavy atom. The summed E-state index contributed by atoms with van der Waals surface area (Å²) in [6.45, 7) is 1.13. The number of rotatable bonds is 5. The molecule has 2 aliphatic rings. The highest BCUT2D eigenvalue weighted by molar-refractivity contribution is 7.12. The van der Waals surface area contributed by atoms with Crippen LogP contribution in [0.4, 0.5) is 0 Å². The first kappa shape index (κ1) is 18.4. The van der Waals surface area contributed by atoms with Crippen LogP contribution in [-0.2, 0) is 4.79 Å². The number of thiophene rings is 1. The number of likely N-dealkylation sites (tertiary alicyclic amines) is 1. The van der Waals surface area contributed by atoms with Crippen molar-refractivity contribution in [2.75, 3.05) is 13.1 Å². The highest BCUT2D eigenvalue weighted by atomic mass is 32.1. The van der Waals surface area contributed by atoms with Crippen LogP contribution in [0.1, 0.15) is 61.0 Å². The summed E-state index contributed by atoms with van der Waals surface area (Å²) >= 11 is 1.44. The predicted molar refractivity (Wildman–Crippen MR) is 101 cm³/mol. The highest BCUT2D eigenvalue weighted by Crippen LogP contribution is 2.27. The van der Waals surface area contributed by atoms with Crippen LogP contribution >= 0.6 is 11.3 Å². The van der Waals surface area contributed by atoms with Crippen LogP contribution in [0.3, 0.4) is 0 Å². The lowest BCUT2D eigenvalue weighted by atomic mass is 9.83. The average Bonchev–Trinajstić information content (AvgIpc) is 3.21. The number of nitrogens with zero attached hydrogens (tertiary/aromatic N) is 1. The molecule has 1 saturated heterocycles. The Labute approximate surface area is 154 Å². The number of hydrogen-bond acceptors (Lipinski definition) is 4. The third-order valence-corrected chi connectivity index (χ3v) is 6.46. The normalized spacial score (nSPS) is 23.2. The molecule has 0 aromatic carbocycles. The van der Waals surface area contributed by atoms with E-state index in [1.54, 1.807) is 4.90 Å². The molecule has 2 fully saturated rings. The summed E-state index contributed by atoms with van der Waals surface area (Å²) in [4.78, 5) is 28.2. The van der Waals surface area contributed by atoms with Gasteiger partial charge in [0, 0.05) is 19.1 Å². The van der Waals surface area contributed by atoms with Crippen LogP contribution in [0.2, 0.25) is 0 Å². The minimum Gasteiger partial charge on any atom is -0.350 e. The van der Waals surface area contributed by atoms with Gasteiger partial charge < -0.3 is 16.0 Å². The Balaban J connectivity index is 1.66. The summed E-state index contributed by atoms with van der Waals surface area (Å²) < 4.78 is 0. The molecule has 5 nitrogen and oxygen atoms in total. The zero-order valence-electron chi connectivity index (χ0n) is 14.8. The fraction of sp³-hybridized carbons (Fsp3) is 0.684. The van der Waals surface area contributed by atoms with Gasteiger partial charge in [-0.3, -0.25) is 9.59 Å². The molecule has 0 bridgehead atoms. The summed E-state index contributed by atoms with van der Waals surface area (Å²) in [6.07, 6.45) is 8.72. The van der Waals surface area contributed by atoms with Crippen molar-refractivity contribution in [3.05, 3.63) is 22.4 Å². The monoisotopic (exact) mass is 363 g/mol. The summed E-state index contributed by atoms with van der Waals surface area (Å²) in [5.41, 5.74) is 5.96. The van der Waals surface area contributed by atoms with Gasteiger partial charge >= 0.3 is 0 Å². The van der Waals surface area contributed by atoms with Crippen molar-refractivity contribution in [2.45, 2.75) is 63.5 Å². The lowest BCUT2D eigenvalue weighted by molar-refractivity contribution is -0.127. The largest absolute Gasteiger partial charge is 0.350 e. The van der Waals surface area contributed by atoms with Gasteiger partial charge in [-0.15, -0.1) is 11.3 Å². The van der Waals surface area contributed by atoms with E-state index in [9.17, 15) is 9.59 Å². The van der Waals surface area contributed by atoms with E-state index in [4.69, 9.17) is 5.73 Å². The van der Waals surface area contributed by atoms with E-state index in [0.717, 1.165) is 32.1 Å². The molecule has 3 N–H and O–H groups in total. The minimum atomic E-state index is -0.360. The van der Waals surface area contributed by atoms with Crippen LogP contribution in [0, 0.1) is 5.92 Å². The summed E-state index contributed by atoms with van der Waals surface area (Å²) in [5, 5.41) is 5.08. The quantitative estimate of drug-likeness (QED) is 0.845. The molecule has 138 valence electrons. The molecule has 25 heavy (non-hydrogen) atoms. The van der Waals surface area contributed by atoms with Crippen LogP contribution in [0.15, 0.2) is 17.5 Å². The number of carbonyl (C=O) groups excluding carboxylic acids is 2. The van der Waals surface area contributed by atoms with Crippen molar-refractivity contribution in [2.24, 2.45) is 11.7 Å². The Morgan fingerprint density at radius 2 is 1.96 bits per heavy atom. The Hall–Kier alpha value is -1.40. The molecule has 2 amide bonds. The predicted octanol–water partition coefficient (Wildman–Crippen LogP) is 2.77. The molecule has 6 heteroatoms. The molecule has 3 rings (SSSR count). The standard InChI is InChI=1S/C19H29N3O2S/c20-13-15(14-7-2-1-3-8-14)21-18(23)16-9-4-5-11-22(16)19(24)17-10-6-12-25-17/h6,10,12,14-16H,1-5,7-9,11,13,20H2,(H,21,23). The van der Waals surface area contributed by atoms with Crippen molar-refractivity contribution in [3.8, 4) is 0 Å². The topological polar surface area (TPSA) is 75.4 Å². The first-order chi connectivity index (χ1) is 12.2. The van der Waals surface area contributed by atoms with E-state index in [1.165, 1.54) is 30.6 Å². The molecule has 2 unspecified atom stereocenters. The van der Waals surface area contributed by atoms with E-state index in [-0.39, 0.29) is 23.9 Å². The molecule has 1 aliphatic carbocycles. The number of piperidine rings is 1. The first-order valence-corrected chi connectivity index (χ1v) is 10.4. The molecular weight excluding hydrogens is 334 g/mol. The average molecular weight is 364 g/mol. The van der Waals surface area contributed by atoms with Gasteiger partial charge in [0.05, 0.1) is 4.88 Å². The van der Waals surface area contributed by atoms with E-state index >= 15 is 0 Å². The number of nitrogens with two attached hydrogens (primary N) is 1. The molecule has 1 aromatic heterocycles. The molecule has 1 aliphatic heterocycles. The summed E-state index contributed by atoms with van der Waals surface area (Å²) in [6, 6.07) is 3.39. The SMILES string of the molecule is NCC(NC(=O)C1CCCCN1C(=O)c1cccs1)C1CCCCC1. The van der Waals surface area contributed by atoms with E-state index in [2.05, 4.69) is 5.32 Å². The zero-order valence-corrected chi connectivity index (χ0v) is 15.6. The number of amides is 2. The number of hydrogen-bond donors (Lipinski definition) is 2. The van der Waals surface area contributed by atoms with E-state index < -0.39 is 0 Å². The van der Waals surface area contributed by atoms with E-state index in [0.29, 0.717) is 23.9 Å². The van der Waals surface area contributed by atoms with Gasteiger partial charge in [-0.2, -0.15) is 0 Å². The summed E-state index contributed by atoms with van der Waals surface area (Å²) in [5.74, 6) is 0.440. The maximum absolute atomic E-state index is 12.9. The van der Waals surface area contributed by atoms with Gasteiger partial charge in [0.2, 0.25) is 5.91 Å². The summed E-state index contributed by atoms with van der Waals surface area (Å²) in [7, 11) is 0. The van der Waals surface area contributed by atoms with E-state index in [1.807, 2.05) is 17.5 Å². The van der Waals surface area contributed by atoms with Gasteiger partial charge in [0.15, 0.2) is 0 Å². The smallest absolute Gasteiger partial charge is 0.264 e. The third-order valence-electron chi connectivity index (χ3n) is 5.60. The van der Waals surface area contributed by atoms with Crippen molar-refractivity contribution in [3.63, 3.8) is 0 Å². The Morgan fingerprint density at radius 1 is 1.20 bits per heavy atom. The third kappa shape index (κ3) is 4.42. The van der Waals surface area contributed by atoms with Gasteiger partial charge in [-0.1, -0.05) is 25.3 Å². The Bertz CT molecular complexity index is 569. The maximum atomic E-state index is 12.9. The molecule has 2 heterocycles. The molecule has 0 radical (unpaired) electrons. The lowest BCUT2D eigenvalue weighted by Crippen LogP contribution is -2.56. The lowest BCUT2D eigenvalue weighted by Gasteiger charge is -2.37. The second-order valence-electron chi connectivity index (χ2n) is 7.24.